The monoisotopic (exact) mass is 402 g/mol. The number of carbonyl (C=O) groups excluding carboxylic acids is 1. The minimum absolute atomic E-state index is 0.0962. The van der Waals surface area contributed by atoms with Crippen molar-refractivity contribution in [3.63, 3.8) is 0 Å². The average Bonchev–Trinajstić information content (AvgIpc) is 2.68. The van der Waals surface area contributed by atoms with E-state index in [0.29, 0.717) is 17.1 Å². The molecular weight excluding hydrogens is 380 g/mol. The number of allylic oxidation sites excluding steroid dienone is 3. The number of rotatable bonds is 8. The molecule has 2 aromatic rings. The lowest BCUT2D eigenvalue weighted by Crippen LogP contribution is -2.15. The lowest BCUT2D eigenvalue weighted by molar-refractivity contribution is -0.111. The van der Waals surface area contributed by atoms with Crippen LogP contribution in [0.25, 0.3) is 0 Å². The molecule has 8 heteroatoms. The van der Waals surface area contributed by atoms with Gasteiger partial charge in [0.15, 0.2) is 0 Å². The third-order valence-corrected chi connectivity index (χ3v) is 5.02. The first kappa shape index (κ1) is 21.0. The zero-order valence-electron chi connectivity index (χ0n) is 15.8. The zero-order chi connectivity index (χ0) is 20.6. The van der Waals surface area contributed by atoms with Gasteiger partial charge in [-0.05, 0) is 49.4 Å². The highest BCUT2D eigenvalue weighted by atomic mass is 32.2. The van der Waals surface area contributed by atoms with E-state index in [1.807, 2.05) is 6.92 Å². The van der Waals surface area contributed by atoms with Gasteiger partial charge in [0.1, 0.15) is 16.4 Å². The van der Waals surface area contributed by atoms with Crippen molar-refractivity contribution < 1.29 is 22.7 Å². The van der Waals surface area contributed by atoms with Gasteiger partial charge in [0.05, 0.1) is 14.2 Å². The van der Waals surface area contributed by atoms with E-state index in [9.17, 15) is 13.2 Å². The summed E-state index contributed by atoms with van der Waals surface area (Å²) in [5.41, 5.74) is 0.692. The second-order valence-corrected chi connectivity index (χ2v) is 7.22. The van der Waals surface area contributed by atoms with Crippen LogP contribution in [0.3, 0.4) is 0 Å². The molecule has 0 aliphatic rings. The summed E-state index contributed by atoms with van der Waals surface area (Å²) in [5.74, 6) is 0.384. The average molecular weight is 402 g/mol. The van der Waals surface area contributed by atoms with E-state index in [-0.39, 0.29) is 16.6 Å². The molecule has 0 radical (unpaired) electrons. The molecule has 0 bridgehead atoms. The summed E-state index contributed by atoms with van der Waals surface area (Å²) in [7, 11) is -1.05. The standard InChI is InChI=1S/C20H22N2O5S/c1-4-5-6-7-20(23)21-16-10-13-18(27-3)19(14-16)28(24,25)22-15-8-11-17(26-2)12-9-15/h4-14,22H,1-3H3,(H,21,23)/b5-4+,7-6+. The summed E-state index contributed by atoms with van der Waals surface area (Å²) in [6, 6.07) is 10.8. The number of carbonyl (C=O) groups is 1. The van der Waals surface area contributed by atoms with E-state index in [0.717, 1.165) is 0 Å². The quantitative estimate of drug-likeness (QED) is 0.520. The van der Waals surface area contributed by atoms with Gasteiger partial charge in [-0.15, -0.1) is 0 Å². The number of ether oxygens (including phenoxy) is 2. The van der Waals surface area contributed by atoms with Gasteiger partial charge in [0.25, 0.3) is 10.0 Å². The number of amides is 1. The van der Waals surface area contributed by atoms with Crippen molar-refractivity contribution >= 4 is 27.3 Å². The second kappa shape index (κ2) is 9.61. The van der Waals surface area contributed by atoms with Gasteiger partial charge in [-0.25, -0.2) is 8.42 Å². The van der Waals surface area contributed by atoms with E-state index in [2.05, 4.69) is 10.0 Å². The van der Waals surface area contributed by atoms with Crippen LogP contribution in [-0.4, -0.2) is 28.5 Å². The van der Waals surface area contributed by atoms with Crippen LogP contribution in [0.2, 0.25) is 0 Å². The molecule has 2 aromatic carbocycles. The van der Waals surface area contributed by atoms with E-state index < -0.39 is 10.0 Å². The summed E-state index contributed by atoms with van der Waals surface area (Å²) in [6.45, 7) is 1.83. The van der Waals surface area contributed by atoms with E-state index >= 15 is 0 Å². The number of hydrogen-bond donors (Lipinski definition) is 2. The number of hydrogen-bond acceptors (Lipinski definition) is 5. The highest BCUT2D eigenvalue weighted by Crippen LogP contribution is 2.29. The molecule has 0 aromatic heterocycles. The number of anilines is 2. The smallest absolute Gasteiger partial charge is 0.265 e. The van der Waals surface area contributed by atoms with Crippen LogP contribution < -0.4 is 19.5 Å². The third-order valence-electron chi connectivity index (χ3n) is 3.61. The molecule has 0 unspecified atom stereocenters. The summed E-state index contributed by atoms with van der Waals surface area (Å²) in [5, 5.41) is 2.62. The van der Waals surface area contributed by atoms with Gasteiger partial charge in [0, 0.05) is 17.5 Å². The molecule has 2 N–H and O–H groups in total. The Kier molecular flexibility index (Phi) is 7.22. The fourth-order valence-corrected chi connectivity index (χ4v) is 3.53. The fraction of sp³-hybridized carbons (Fsp3) is 0.150. The minimum atomic E-state index is -3.95. The fourth-order valence-electron chi connectivity index (χ4n) is 2.27. The maximum atomic E-state index is 12.8. The van der Waals surface area contributed by atoms with E-state index in [4.69, 9.17) is 9.47 Å². The molecule has 0 saturated carbocycles. The molecule has 2 rings (SSSR count). The van der Waals surface area contributed by atoms with E-state index in [1.165, 1.54) is 32.4 Å². The molecule has 0 aliphatic carbocycles. The topological polar surface area (TPSA) is 93.7 Å². The van der Waals surface area contributed by atoms with Crippen molar-refractivity contribution in [1.29, 1.82) is 0 Å². The van der Waals surface area contributed by atoms with Crippen LogP contribution in [-0.2, 0) is 14.8 Å². The lowest BCUT2D eigenvalue weighted by Gasteiger charge is -2.13. The van der Waals surface area contributed by atoms with Crippen molar-refractivity contribution in [3.8, 4) is 11.5 Å². The first-order valence-electron chi connectivity index (χ1n) is 8.35. The number of methoxy groups -OCH3 is 2. The maximum absolute atomic E-state index is 12.8. The predicted molar refractivity (Wildman–Crippen MR) is 109 cm³/mol. The second-order valence-electron chi connectivity index (χ2n) is 5.57. The summed E-state index contributed by atoms with van der Waals surface area (Å²) in [6.07, 6.45) is 6.42. The van der Waals surface area contributed by atoms with Crippen LogP contribution in [0.5, 0.6) is 11.5 Å². The van der Waals surface area contributed by atoms with Gasteiger partial charge in [-0.2, -0.15) is 0 Å². The van der Waals surface area contributed by atoms with Crippen LogP contribution in [0.15, 0.2) is 71.7 Å². The molecule has 0 aliphatic heterocycles. The van der Waals surface area contributed by atoms with Gasteiger partial charge in [-0.3, -0.25) is 9.52 Å². The molecule has 1 amide bonds. The van der Waals surface area contributed by atoms with Crippen molar-refractivity contribution in [2.45, 2.75) is 11.8 Å². The Morgan fingerprint density at radius 2 is 1.64 bits per heavy atom. The normalized spacial score (nSPS) is 11.5. The largest absolute Gasteiger partial charge is 0.497 e. The Morgan fingerprint density at radius 1 is 0.964 bits per heavy atom. The van der Waals surface area contributed by atoms with Gasteiger partial charge < -0.3 is 14.8 Å². The third kappa shape index (κ3) is 5.62. The molecule has 0 heterocycles. The zero-order valence-corrected chi connectivity index (χ0v) is 16.6. The molecule has 0 fully saturated rings. The molecule has 0 atom stereocenters. The van der Waals surface area contributed by atoms with Gasteiger partial charge in [-0.1, -0.05) is 18.2 Å². The predicted octanol–water partition coefficient (Wildman–Crippen LogP) is 3.58. The van der Waals surface area contributed by atoms with Crippen LogP contribution in [0.1, 0.15) is 6.92 Å². The van der Waals surface area contributed by atoms with Crippen LogP contribution in [0, 0.1) is 0 Å². The Hall–Kier alpha value is -3.26. The molecule has 7 nitrogen and oxygen atoms in total. The van der Waals surface area contributed by atoms with Crippen LogP contribution >= 0.6 is 0 Å². The Morgan fingerprint density at radius 3 is 2.25 bits per heavy atom. The first-order chi connectivity index (χ1) is 13.4. The summed E-state index contributed by atoms with van der Waals surface area (Å²) < 4.78 is 38.4. The van der Waals surface area contributed by atoms with Crippen molar-refractivity contribution in [1.82, 2.24) is 0 Å². The molecular formula is C20H22N2O5S. The Balaban J connectivity index is 2.29. The molecule has 28 heavy (non-hydrogen) atoms. The highest BCUT2D eigenvalue weighted by Gasteiger charge is 2.21. The number of benzene rings is 2. The Bertz CT molecular complexity index is 980. The van der Waals surface area contributed by atoms with Gasteiger partial charge >= 0.3 is 0 Å². The molecule has 0 saturated heterocycles. The Labute approximate surface area is 164 Å². The first-order valence-corrected chi connectivity index (χ1v) is 9.83. The maximum Gasteiger partial charge on any atom is 0.265 e. The van der Waals surface area contributed by atoms with Crippen molar-refractivity contribution in [2.24, 2.45) is 0 Å². The molecule has 0 spiro atoms. The van der Waals surface area contributed by atoms with Crippen LogP contribution in [0.4, 0.5) is 11.4 Å². The minimum Gasteiger partial charge on any atom is -0.497 e. The summed E-state index contributed by atoms with van der Waals surface area (Å²) >= 11 is 0. The lowest BCUT2D eigenvalue weighted by atomic mass is 10.3. The van der Waals surface area contributed by atoms with Crippen molar-refractivity contribution in [3.05, 3.63) is 66.8 Å². The van der Waals surface area contributed by atoms with Crippen molar-refractivity contribution in [2.75, 3.05) is 24.3 Å². The number of nitrogens with one attached hydrogen (secondary N) is 2. The van der Waals surface area contributed by atoms with Gasteiger partial charge in [0.2, 0.25) is 5.91 Å². The van der Waals surface area contributed by atoms with E-state index in [1.54, 1.807) is 48.6 Å². The SMILES string of the molecule is C/C=C/C=C/C(=O)Nc1ccc(OC)c(S(=O)(=O)Nc2ccc(OC)cc2)c1. The summed E-state index contributed by atoms with van der Waals surface area (Å²) in [4.78, 5) is 11.8. The highest BCUT2D eigenvalue weighted by molar-refractivity contribution is 7.92. The molecule has 148 valence electrons. The number of sulfonamides is 1.